The maximum Gasteiger partial charge on any atom is 0.123 e. The molecule has 0 saturated heterocycles. The number of hydrogen-bond acceptors (Lipinski definition) is 2. The monoisotopic (exact) mass is 206 g/mol. The van der Waals surface area contributed by atoms with Gasteiger partial charge in [-0.05, 0) is 50.7 Å². The highest BCUT2D eigenvalue weighted by Gasteiger charge is 2.22. The van der Waals surface area contributed by atoms with Gasteiger partial charge in [0.1, 0.15) is 11.5 Å². The summed E-state index contributed by atoms with van der Waals surface area (Å²) >= 11 is 0. The molecule has 1 aliphatic rings. The first-order chi connectivity index (χ1) is 7.15. The van der Waals surface area contributed by atoms with Gasteiger partial charge in [-0.1, -0.05) is 6.07 Å². The Morgan fingerprint density at radius 2 is 2.13 bits per heavy atom. The molecular formula is C13H18O2. The lowest BCUT2D eigenvalue weighted by molar-refractivity contribution is 0.241. The average molecular weight is 206 g/mol. The molecule has 1 aromatic rings. The van der Waals surface area contributed by atoms with Gasteiger partial charge in [-0.15, -0.1) is 0 Å². The van der Waals surface area contributed by atoms with Crippen molar-refractivity contribution in [1.82, 2.24) is 0 Å². The highest BCUT2D eigenvalue weighted by Crippen LogP contribution is 2.36. The molecule has 1 aliphatic carbocycles. The third kappa shape index (κ3) is 2.88. The van der Waals surface area contributed by atoms with E-state index >= 15 is 0 Å². The van der Waals surface area contributed by atoms with Crippen molar-refractivity contribution < 1.29 is 9.84 Å². The molecule has 1 aromatic carbocycles. The van der Waals surface area contributed by atoms with Gasteiger partial charge in [0.25, 0.3) is 0 Å². The summed E-state index contributed by atoms with van der Waals surface area (Å²) in [5.74, 6) is 1.93. The molecule has 0 bridgehead atoms. The van der Waals surface area contributed by atoms with Crippen LogP contribution in [0.15, 0.2) is 18.2 Å². The third-order valence-corrected chi connectivity index (χ3v) is 2.63. The first-order valence-corrected chi connectivity index (χ1v) is 5.63. The normalized spacial score (nSPS) is 15.7. The summed E-state index contributed by atoms with van der Waals surface area (Å²) in [6, 6.07) is 5.64. The van der Waals surface area contributed by atoms with E-state index in [9.17, 15) is 5.11 Å². The number of benzene rings is 1. The zero-order chi connectivity index (χ0) is 10.8. The van der Waals surface area contributed by atoms with Crippen molar-refractivity contribution in [2.45, 2.75) is 39.2 Å². The minimum absolute atomic E-state index is 0.152. The van der Waals surface area contributed by atoms with Crippen molar-refractivity contribution in [3.63, 3.8) is 0 Å². The smallest absolute Gasteiger partial charge is 0.123 e. The average Bonchev–Trinajstić information content (AvgIpc) is 2.92. The van der Waals surface area contributed by atoms with Gasteiger partial charge in [0.2, 0.25) is 0 Å². The molecule has 0 heterocycles. The molecule has 1 saturated carbocycles. The van der Waals surface area contributed by atoms with Crippen LogP contribution in [-0.4, -0.2) is 11.2 Å². The van der Waals surface area contributed by atoms with Crippen molar-refractivity contribution in [2.75, 3.05) is 0 Å². The van der Waals surface area contributed by atoms with Crippen molar-refractivity contribution in [1.29, 1.82) is 0 Å². The van der Waals surface area contributed by atoms with E-state index in [4.69, 9.17) is 4.74 Å². The molecule has 2 heteroatoms. The van der Waals surface area contributed by atoms with E-state index in [1.807, 2.05) is 26.0 Å². The van der Waals surface area contributed by atoms with Crippen LogP contribution in [0.1, 0.15) is 32.3 Å². The Balaban J connectivity index is 2.07. The van der Waals surface area contributed by atoms with Gasteiger partial charge in [-0.3, -0.25) is 0 Å². The van der Waals surface area contributed by atoms with Crippen molar-refractivity contribution in [3.8, 4) is 11.5 Å². The minimum Gasteiger partial charge on any atom is -0.508 e. The number of phenols is 1. The maximum absolute atomic E-state index is 9.80. The second-order valence-electron chi connectivity index (χ2n) is 4.60. The van der Waals surface area contributed by atoms with Crippen LogP contribution < -0.4 is 4.74 Å². The van der Waals surface area contributed by atoms with Crippen LogP contribution in [0, 0.1) is 5.92 Å². The zero-order valence-electron chi connectivity index (χ0n) is 9.36. The van der Waals surface area contributed by atoms with Gasteiger partial charge in [0.05, 0.1) is 6.10 Å². The lowest BCUT2D eigenvalue weighted by Crippen LogP contribution is -2.05. The quantitative estimate of drug-likeness (QED) is 0.820. The topological polar surface area (TPSA) is 29.5 Å². The maximum atomic E-state index is 9.80. The number of aromatic hydroxyl groups is 1. The van der Waals surface area contributed by atoms with Crippen LogP contribution >= 0.6 is 0 Å². The number of hydrogen-bond donors (Lipinski definition) is 1. The van der Waals surface area contributed by atoms with E-state index in [0.717, 1.165) is 23.7 Å². The first-order valence-electron chi connectivity index (χ1n) is 5.63. The highest BCUT2D eigenvalue weighted by atomic mass is 16.5. The van der Waals surface area contributed by atoms with E-state index in [2.05, 4.69) is 0 Å². The van der Waals surface area contributed by atoms with Gasteiger partial charge in [-0.2, -0.15) is 0 Å². The van der Waals surface area contributed by atoms with Crippen molar-refractivity contribution >= 4 is 0 Å². The molecular weight excluding hydrogens is 188 g/mol. The largest absolute Gasteiger partial charge is 0.508 e. The Bertz CT molecular complexity index is 340. The van der Waals surface area contributed by atoms with Crippen LogP contribution in [-0.2, 0) is 6.42 Å². The van der Waals surface area contributed by atoms with Crippen LogP contribution in [0.5, 0.6) is 11.5 Å². The molecule has 0 atom stereocenters. The Morgan fingerprint density at radius 3 is 2.67 bits per heavy atom. The van der Waals surface area contributed by atoms with E-state index < -0.39 is 0 Å². The molecule has 0 unspecified atom stereocenters. The first kappa shape index (κ1) is 10.3. The predicted molar refractivity (Wildman–Crippen MR) is 60.3 cm³/mol. The summed E-state index contributed by atoms with van der Waals surface area (Å²) < 4.78 is 5.51. The highest BCUT2D eigenvalue weighted by molar-refractivity contribution is 5.40. The van der Waals surface area contributed by atoms with Crippen LogP contribution in [0.2, 0.25) is 0 Å². The fourth-order valence-corrected chi connectivity index (χ4v) is 1.69. The van der Waals surface area contributed by atoms with Gasteiger partial charge < -0.3 is 9.84 Å². The van der Waals surface area contributed by atoms with Gasteiger partial charge in [-0.25, -0.2) is 0 Å². The standard InChI is InChI=1S/C13H18O2/c1-9(2)15-12-6-5-11(13(14)8-12)7-10-3-4-10/h5-6,8-10,14H,3-4,7H2,1-2H3. The molecule has 2 rings (SSSR count). The second-order valence-corrected chi connectivity index (χ2v) is 4.60. The molecule has 82 valence electrons. The summed E-state index contributed by atoms with van der Waals surface area (Å²) in [6.45, 7) is 3.96. The molecule has 0 radical (unpaired) electrons. The van der Waals surface area contributed by atoms with Gasteiger partial charge >= 0.3 is 0 Å². The summed E-state index contributed by atoms with van der Waals surface area (Å²) in [5, 5.41) is 9.80. The lowest BCUT2D eigenvalue weighted by atomic mass is 10.1. The molecule has 15 heavy (non-hydrogen) atoms. The molecule has 1 fully saturated rings. The Hall–Kier alpha value is -1.18. The second kappa shape index (κ2) is 4.13. The van der Waals surface area contributed by atoms with Gasteiger partial charge in [0.15, 0.2) is 0 Å². The minimum atomic E-state index is 0.152. The number of rotatable bonds is 4. The molecule has 0 aromatic heterocycles. The van der Waals surface area contributed by atoms with E-state index in [-0.39, 0.29) is 6.10 Å². The Labute approximate surface area is 90.9 Å². The lowest BCUT2D eigenvalue weighted by Gasteiger charge is -2.11. The number of phenolic OH excluding ortho intramolecular Hbond substituents is 1. The van der Waals surface area contributed by atoms with Crippen LogP contribution in [0.3, 0.4) is 0 Å². The van der Waals surface area contributed by atoms with Crippen molar-refractivity contribution in [3.05, 3.63) is 23.8 Å². The Kier molecular flexibility index (Phi) is 2.85. The third-order valence-electron chi connectivity index (χ3n) is 2.63. The molecule has 2 nitrogen and oxygen atoms in total. The molecule has 0 aliphatic heterocycles. The summed E-state index contributed by atoms with van der Waals surface area (Å²) in [7, 11) is 0. The SMILES string of the molecule is CC(C)Oc1ccc(CC2CC2)c(O)c1. The molecule has 0 amide bonds. The van der Waals surface area contributed by atoms with Crippen LogP contribution in [0.25, 0.3) is 0 Å². The van der Waals surface area contributed by atoms with Crippen LogP contribution in [0.4, 0.5) is 0 Å². The molecule has 1 N–H and O–H groups in total. The van der Waals surface area contributed by atoms with E-state index in [0.29, 0.717) is 5.75 Å². The number of ether oxygens (including phenoxy) is 1. The van der Waals surface area contributed by atoms with E-state index in [1.165, 1.54) is 12.8 Å². The fraction of sp³-hybridized carbons (Fsp3) is 0.538. The fourth-order valence-electron chi connectivity index (χ4n) is 1.69. The van der Waals surface area contributed by atoms with E-state index in [1.54, 1.807) is 6.07 Å². The summed E-state index contributed by atoms with van der Waals surface area (Å²) in [6.07, 6.45) is 3.78. The zero-order valence-corrected chi connectivity index (χ0v) is 9.36. The van der Waals surface area contributed by atoms with Gasteiger partial charge in [0, 0.05) is 6.07 Å². The Morgan fingerprint density at radius 1 is 1.40 bits per heavy atom. The van der Waals surface area contributed by atoms with Crippen molar-refractivity contribution in [2.24, 2.45) is 5.92 Å². The molecule has 0 spiro atoms. The predicted octanol–water partition coefficient (Wildman–Crippen LogP) is 3.13. The summed E-state index contributed by atoms with van der Waals surface area (Å²) in [4.78, 5) is 0. The summed E-state index contributed by atoms with van der Waals surface area (Å²) in [5.41, 5.74) is 1.05.